The van der Waals surface area contributed by atoms with Crippen LogP contribution in [0.25, 0.3) is 0 Å². The molecule has 4 bridgehead atoms. The van der Waals surface area contributed by atoms with Gasteiger partial charge in [-0.25, -0.2) is 0 Å². The molecule has 0 saturated heterocycles. The first kappa shape index (κ1) is 16.0. The largest absolute Gasteiger partial charge is 0.383 e. The lowest BCUT2D eigenvalue weighted by Gasteiger charge is -2.55. The molecule has 0 aromatic carbocycles. The highest BCUT2D eigenvalue weighted by Gasteiger charge is 2.54. The van der Waals surface area contributed by atoms with Gasteiger partial charge in [0.2, 0.25) is 0 Å². The first-order valence-corrected chi connectivity index (χ1v) is 9.62. The van der Waals surface area contributed by atoms with Crippen molar-refractivity contribution < 1.29 is 9.53 Å². The second-order valence-corrected chi connectivity index (χ2v) is 8.80. The molecule has 6 heteroatoms. The quantitative estimate of drug-likeness (QED) is 0.842. The van der Waals surface area contributed by atoms with Crippen molar-refractivity contribution in [2.24, 2.45) is 28.2 Å². The summed E-state index contributed by atoms with van der Waals surface area (Å²) in [4.78, 5) is 18.8. The SMILES string of the molecule is COCCn1cc(C#N)sc1=NC(=O)C12CC3CC(CC(C3)C1)C2. The van der Waals surface area contributed by atoms with Crippen LogP contribution in [0.4, 0.5) is 0 Å². The van der Waals surface area contributed by atoms with Crippen molar-refractivity contribution in [3.8, 4) is 6.07 Å². The van der Waals surface area contributed by atoms with Crippen LogP contribution in [0.15, 0.2) is 11.2 Å². The van der Waals surface area contributed by atoms with Gasteiger partial charge >= 0.3 is 0 Å². The zero-order valence-electron chi connectivity index (χ0n) is 14.0. The Morgan fingerprint density at radius 2 is 2.00 bits per heavy atom. The first-order valence-electron chi connectivity index (χ1n) is 8.80. The van der Waals surface area contributed by atoms with Crippen molar-refractivity contribution in [1.29, 1.82) is 5.26 Å². The number of nitrogens with zero attached hydrogens (tertiary/aromatic N) is 3. The molecule has 0 unspecified atom stereocenters. The number of aromatic nitrogens is 1. The maximum atomic E-state index is 13.1. The lowest BCUT2D eigenvalue weighted by atomic mass is 9.49. The Morgan fingerprint density at radius 3 is 2.54 bits per heavy atom. The van der Waals surface area contributed by atoms with E-state index in [4.69, 9.17) is 10.00 Å². The second kappa shape index (κ2) is 6.12. The van der Waals surface area contributed by atoms with E-state index in [-0.39, 0.29) is 11.3 Å². The van der Waals surface area contributed by atoms with E-state index in [0.717, 1.165) is 37.0 Å². The Balaban J connectivity index is 1.65. The number of thiazole rings is 1. The Kier molecular flexibility index (Phi) is 4.09. The molecule has 0 aliphatic heterocycles. The number of carbonyl (C=O) groups is 1. The minimum Gasteiger partial charge on any atom is -0.383 e. The number of rotatable bonds is 4. The zero-order chi connectivity index (χ0) is 16.7. The summed E-state index contributed by atoms with van der Waals surface area (Å²) in [6.07, 6.45) is 8.80. The summed E-state index contributed by atoms with van der Waals surface area (Å²) in [5.41, 5.74) is -0.218. The van der Waals surface area contributed by atoms with Gasteiger partial charge in [-0.05, 0) is 56.3 Å². The van der Waals surface area contributed by atoms with Gasteiger partial charge in [-0.15, -0.1) is 0 Å². The molecule has 0 N–H and O–H groups in total. The molecule has 0 atom stereocenters. The molecule has 4 aliphatic carbocycles. The fourth-order valence-corrected chi connectivity index (χ4v) is 6.26. The Bertz CT molecular complexity index is 720. The molecule has 4 saturated carbocycles. The van der Waals surface area contributed by atoms with Gasteiger partial charge in [0, 0.05) is 19.9 Å². The van der Waals surface area contributed by atoms with Crippen LogP contribution in [0, 0.1) is 34.5 Å². The average molecular weight is 345 g/mol. The molecule has 5 nitrogen and oxygen atoms in total. The monoisotopic (exact) mass is 345 g/mol. The van der Waals surface area contributed by atoms with E-state index >= 15 is 0 Å². The number of methoxy groups -OCH3 is 1. The van der Waals surface area contributed by atoms with Gasteiger partial charge in [0.15, 0.2) is 4.80 Å². The highest BCUT2D eigenvalue weighted by atomic mass is 32.1. The molecule has 4 aliphatic rings. The molecule has 0 spiro atoms. The fourth-order valence-electron chi connectivity index (χ4n) is 5.45. The third-order valence-electron chi connectivity index (χ3n) is 6.06. The van der Waals surface area contributed by atoms with E-state index in [1.165, 1.54) is 30.6 Å². The molecule has 128 valence electrons. The van der Waals surface area contributed by atoms with Gasteiger partial charge in [0.25, 0.3) is 5.91 Å². The number of nitriles is 1. The summed E-state index contributed by atoms with van der Waals surface area (Å²) >= 11 is 1.30. The minimum atomic E-state index is -0.218. The van der Waals surface area contributed by atoms with Crippen LogP contribution in [-0.4, -0.2) is 24.2 Å². The summed E-state index contributed by atoms with van der Waals surface area (Å²) < 4.78 is 7.00. The van der Waals surface area contributed by atoms with Gasteiger partial charge in [0.1, 0.15) is 10.9 Å². The molecule has 4 fully saturated rings. The van der Waals surface area contributed by atoms with Crippen molar-refractivity contribution in [2.75, 3.05) is 13.7 Å². The Labute approximate surface area is 146 Å². The van der Waals surface area contributed by atoms with Crippen molar-refractivity contribution in [3.63, 3.8) is 0 Å². The smallest absolute Gasteiger partial charge is 0.254 e. The van der Waals surface area contributed by atoms with E-state index in [1.54, 1.807) is 13.3 Å². The molecular formula is C18H23N3O2S. The lowest BCUT2D eigenvalue weighted by Crippen LogP contribution is -2.50. The van der Waals surface area contributed by atoms with Gasteiger partial charge in [-0.1, -0.05) is 11.3 Å². The maximum absolute atomic E-state index is 13.1. The van der Waals surface area contributed by atoms with Crippen LogP contribution < -0.4 is 4.80 Å². The zero-order valence-corrected chi connectivity index (χ0v) is 14.8. The number of hydrogen-bond donors (Lipinski definition) is 0. The molecule has 5 rings (SSSR count). The van der Waals surface area contributed by atoms with Crippen molar-refractivity contribution in [1.82, 2.24) is 4.57 Å². The van der Waals surface area contributed by atoms with E-state index < -0.39 is 0 Å². The molecule has 0 radical (unpaired) electrons. The number of hydrogen-bond acceptors (Lipinski definition) is 4. The van der Waals surface area contributed by atoms with Crippen molar-refractivity contribution in [2.45, 2.75) is 45.1 Å². The van der Waals surface area contributed by atoms with Crippen LogP contribution in [-0.2, 0) is 16.1 Å². The maximum Gasteiger partial charge on any atom is 0.254 e. The molecule has 1 aromatic rings. The number of carbonyl (C=O) groups excluding carboxylic acids is 1. The van der Waals surface area contributed by atoms with Gasteiger partial charge in [0.05, 0.1) is 12.0 Å². The molecule has 24 heavy (non-hydrogen) atoms. The molecule has 1 aromatic heterocycles. The highest BCUT2D eigenvalue weighted by molar-refractivity contribution is 7.09. The average Bonchev–Trinajstić information content (AvgIpc) is 2.93. The van der Waals surface area contributed by atoms with E-state index in [1.807, 2.05) is 4.57 Å². The predicted molar refractivity (Wildman–Crippen MR) is 90.1 cm³/mol. The summed E-state index contributed by atoms with van der Waals surface area (Å²) in [6.45, 7) is 1.15. The second-order valence-electron chi connectivity index (χ2n) is 7.79. The van der Waals surface area contributed by atoms with Crippen LogP contribution in [0.2, 0.25) is 0 Å². The van der Waals surface area contributed by atoms with Crippen LogP contribution >= 0.6 is 11.3 Å². The summed E-state index contributed by atoms with van der Waals surface area (Å²) in [6, 6.07) is 2.16. The van der Waals surface area contributed by atoms with Crippen LogP contribution in [0.1, 0.15) is 43.4 Å². The Hall–Kier alpha value is -1.45. The van der Waals surface area contributed by atoms with Crippen LogP contribution in [0.3, 0.4) is 0 Å². The van der Waals surface area contributed by atoms with E-state index in [2.05, 4.69) is 11.1 Å². The fraction of sp³-hybridized carbons (Fsp3) is 0.722. The molecule has 1 amide bonds. The van der Waals surface area contributed by atoms with Crippen LogP contribution in [0.5, 0.6) is 0 Å². The van der Waals surface area contributed by atoms with Gasteiger partial charge in [-0.3, -0.25) is 4.79 Å². The third-order valence-corrected chi connectivity index (χ3v) is 6.98. The minimum absolute atomic E-state index is 0.0547. The molecule has 1 heterocycles. The van der Waals surface area contributed by atoms with E-state index in [0.29, 0.717) is 22.8 Å². The highest BCUT2D eigenvalue weighted by Crippen LogP contribution is 2.60. The number of ether oxygens (including phenoxy) is 1. The van der Waals surface area contributed by atoms with Crippen molar-refractivity contribution >= 4 is 17.2 Å². The summed E-state index contributed by atoms with van der Waals surface area (Å²) in [5, 5.41) is 9.15. The molecular weight excluding hydrogens is 322 g/mol. The van der Waals surface area contributed by atoms with Crippen molar-refractivity contribution in [3.05, 3.63) is 15.9 Å². The summed E-state index contributed by atoms with van der Waals surface area (Å²) in [5.74, 6) is 2.25. The summed E-state index contributed by atoms with van der Waals surface area (Å²) in [7, 11) is 1.65. The predicted octanol–water partition coefficient (Wildman–Crippen LogP) is 2.71. The first-order chi connectivity index (χ1) is 11.6. The topological polar surface area (TPSA) is 67.4 Å². The standard InChI is InChI=1S/C18H23N3O2S/c1-23-3-2-21-11-15(10-19)24-17(21)20-16(22)18-7-12-4-13(8-18)6-14(5-12)9-18/h11-14H,2-9H2,1H3. The lowest BCUT2D eigenvalue weighted by molar-refractivity contribution is -0.142. The number of amides is 1. The third kappa shape index (κ3) is 2.74. The van der Waals surface area contributed by atoms with Gasteiger partial charge in [-0.2, -0.15) is 10.3 Å². The van der Waals surface area contributed by atoms with Gasteiger partial charge < -0.3 is 9.30 Å². The Morgan fingerprint density at radius 1 is 1.38 bits per heavy atom. The van der Waals surface area contributed by atoms with E-state index in [9.17, 15) is 4.79 Å². The normalized spacial score (nSPS) is 34.5.